The van der Waals surface area contributed by atoms with Gasteiger partial charge in [-0.2, -0.15) is 0 Å². The van der Waals surface area contributed by atoms with Crippen LogP contribution in [0.15, 0.2) is 47.1 Å². The summed E-state index contributed by atoms with van der Waals surface area (Å²) in [6, 6.07) is 0.201. The summed E-state index contributed by atoms with van der Waals surface area (Å²) in [6.07, 6.45) is 14.6. The second-order valence-corrected chi connectivity index (χ2v) is 5.13. The lowest BCUT2D eigenvalue weighted by Gasteiger charge is -2.17. The molecule has 0 fully saturated rings. The smallest absolute Gasteiger partial charge is 0.0313 e. The van der Waals surface area contributed by atoms with Crippen molar-refractivity contribution in [3.8, 4) is 0 Å². The lowest BCUT2D eigenvalue weighted by Crippen LogP contribution is -2.17. The molecule has 2 aliphatic rings. The number of thioether (sulfide) groups is 1. The number of hydrogen-bond acceptors (Lipinski definition) is 3. The lowest BCUT2D eigenvalue weighted by molar-refractivity contribution is 0.824. The van der Waals surface area contributed by atoms with E-state index in [4.69, 9.17) is 11.5 Å². The molecule has 0 aromatic carbocycles. The van der Waals surface area contributed by atoms with Gasteiger partial charge in [0.25, 0.3) is 0 Å². The van der Waals surface area contributed by atoms with Crippen LogP contribution in [-0.4, -0.2) is 11.3 Å². The normalized spacial score (nSPS) is 29.9. The molecule has 0 aliphatic heterocycles. The highest BCUT2D eigenvalue weighted by molar-refractivity contribution is 8.04. The average molecular weight is 220 g/mol. The first-order chi connectivity index (χ1) is 7.24. The quantitative estimate of drug-likeness (QED) is 0.749. The average Bonchev–Trinajstić information content (AvgIpc) is 2.25. The van der Waals surface area contributed by atoms with Crippen molar-refractivity contribution in [2.24, 2.45) is 11.5 Å². The minimum Gasteiger partial charge on any atom is -0.399 e. The number of nitrogens with two attached hydrogens (primary N) is 2. The Morgan fingerprint density at radius 2 is 2.00 bits per heavy atom. The van der Waals surface area contributed by atoms with Gasteiger partial charge in [-0.05, 0) is 18.9 Å². The van der Waals surface area contributed by atoms with E-state index in [1.54, 1.807) is 0 Å². The highest BCUT2D eigenvalue weighted by Gasteiger charge is 2.11. The minimum absolute atomic E-state index is 0.201. The molecule has 0 bridgehead atoms. The Hall–Kier alpha value is -0.930. The molecule has 0 aromatic heterocycles. The second-order valence-electron chi connectivity index (χ2n) is 3.82. The van der Waals surface area contributed by atoms with E-state index in [0.717, 1.165) is 18.5 Å². The monoisotopic (exact) mass is 220 g/mol. The lowest BCUT2D eigenvalue weighted by atomic mass is 10.1. The topological polar surface area (TPSA) is 52.0 Å². The Labute approximate surface area is 94.8 Å². The van der Waals surface area contributed by atoms with Crippen LogP contribution in [0.2, 0.25) is 0 Å². The summed E-state index contributed by atoms with van der Waals surface area (Å²) in [5, 5.41) is 0.516. The van der Waals surface area contributed by atoms with Gasteiger partial charge in [-0.25, -0.2) is 0 Å². The maximum atomic E-state index is 5.77. The molecule has 0 radical (unpaired) electrons. The van der Waals surface area contributed by atoms with Gasteiger partial charge >= 0.3 is 0 Å². The zero-order valence-corrected chi connectivity index (χ0v) is 9.41. The van der Waals surface area contributed by atoms with E-state index in [0.29, 0.717) is 5.25 Å². The van der Waals surface area contributed by atoms with Gasteiger partial charge in [-0.15, -0.1) is 11.8 Å². The molecular formula is C12H16N2S. The molecule has 2 unspecified atom stereocenters. The second kappa shape index (κ2) is 4.73. The van der Waals surface area contributed by atoms with Crippen LogP contribution in [0, 0.1) is 0 Å². The van der Waals surface area contributed by atoms with Crippen LogP contribution in [0.5, 0.6) is 0 Å². The predicted octanol–water partition coefficient (Wildman–Crippen LogP) is 2.06. The van der Waals surface area contributed by atoms with Gasteiger partial charge in [-0.3, -0.25) is 0 Å². The van der Waals surface area contributed by atoms with Gasteiger partial charge in [0, 0.05) is 21.9 Å². The summed E-state index contributed by atoms with van der Waals surface area (Å²) in [4.78, 5) is 1.32. The third-order valence-electron chi connectivity index (χ3n) is 2.48. The predicted molar refractivity (Wildman–Crippen MR) is 67.2 cm³/mol. The van der Waals surface area contributed by atoms with Crippen molar-refractivity contribution in [1.82, 2.24) is 0 Å². The maximum Gasteiger partial charge on any atom is 0.0313 e. The van der Waals surface area contributed by atoms with E-state index >= 15 is 0 Å². The van der Waals surface area contributed by atoms with Crippen LogP contribution in [0.1, 0.15) is 12.8 Å². The summed E-state index contributed by atoms with van der Waals surface area (Å²) in [7, 11) is 0. The van der Waals surface area contributed by atoms with Crippen LogP contribution >= 0.6 is 11.8 Å². The molecule has 0 saturated carbocycles. The van der Waals surface area contributed by atoms with Crippen LogP contribution in [0.25, 0.3) is 0 Å². The largest absolute Gasteiger partial charge is 0.399 e. The van der Waals surface area contributed by atoms with Crippen molar-refractivity contribution in [2.45, 2.75) is 24.1 Å². The van der Waals surface area contributed by atoms with E-state index in [-0.39, 0.29) is 6.04 Å². The summed E-state index contributed by atoms with van der Waals surface area (Å²) >= 11 is 1.88. The summed E-state index contributed by atoms with van der Waals surface area (Å²) in [5.74, 6) is 0. The molecule has 2 rings (SSSR count). The first-order valence-corrected chi connectivity index (χ1v) is 6.06. The fourth-order valence-electron chi connectivity index (χ4n) is 1.58. The standard InChI is InChI=1S/C12H16N2S/c13-9-1-5-11(6-2-9)15-12-7-3-10(14)4-8-12/h1-3,5,7-8,10-11H,4,6,13-14H2. The Kier molecular flexibility index (Phi) is 3.34. The SMILES string of the molecule is NC1=CCC(SC2=CCC(N)C=C2)C=C1. The number of hydrogen-bond donors (Lipinski definition) is 2. The third-order valence-corrected chi connectivity index (χ3v) is 3.70. The molecule has 15 heavy (non-hydrogen) atoms. The first kappa shape index (κ1) is 10.6. The molecule has 0 heterocycles. The van der Waals surface area contributed by atoms with Crippen molar-refractivity contribution in [3.05, 3.63) is 47.1 Å². The van der Waals surface area contributed by atoms with E-state index in [1.807, 2.05) is 17.8 Å². The summed E-state index contributed by atoms with van der Waals surface area (Å²) in [5.41, 5.74) is 12.3. The number of rotatable bonds is 2. The molecule has 0 saturated heterocycles. The molecule has 2 aliphatic carbocycles. The van der Waals surface area contributed by atoms with Gasteiger partial charge in [0.15, 0.2) is 0 Å². The first-order valence-electron chi connectivity index (χ1n) is 5.18. The van der Waals surface area contributed by atoms with Crippen LogP contribution in [-0.2, 0) is 0 Å². The van der Waals surface area contributed by atoms with Gasteiger partial charge < -0.3 is 11.5 Å². The molecule has 4 N–H and O–H groups in total. The van der Waals surface area contributed by atoms with Crippen molar-refractivity contribution in [1.29, 1.82) is 0 Å². The Balaban J connectivity index is 1.89. The highest BCUT2D eigenvalue weighted by atomic mass is 32.2. The molecule has 0 aromatic rings. The third kappa shape index (κ3) is 3.01. The van der Waals surface area contributed by atoms with E-state index < -0.39 is 0 Å². The Morgan fingerprint density at radius 3 is 2.60 bits per heavy atom. The Morgan fingerprint density at radius 1 is 1.13 bits per heavy atom. The van der Waals surface area contributed by atoms with E-state index in [1.165, 1.54) is 4.91 Å². The summed E-state index contributed by atoms with van der Waals surface area (Å²) < 4.78 is 0. The van der Waals surface area contributed by atoms with Crippen molar-refractivity contribution < 1.29 is 0 Å². The fraction of sp³-hybridized carbons (Fsp3) is 0.333. The molecular weight excluding hydrogens is 204 g/mol. The van der Waals surface area contributed by atoms with Crippen LogP contribution in [0.4, 0.5) is 0 Å². The van der Waals surface area contributed by atoms with Crippen molar-refractivity contribution >= 4 is 11.8 Å². The minimum atomic E-state index is 0.201. The zero-order valence-electron chi connectivity index (χ0n) is 8.60. The zero-order chi connectivity index (χ0) is 10.7. The maximum absolute atomic E-state index is 5.77. The van der Waals surface area contributed by atoms with E-state index in [2.05, 4.69) is 30.4 Å². The van der Waals surface area contributed by atoms with Gasteiger partial charge in [0.2, 0.25) is 0 Å². The Bertz CT molecular complexity index is 353. The summed E-state index contributed by atoms with van der Waals surface area (Å²) in [6.45, 7) is 0. The van der Waals surface area contributed by atoms with Gasteiger partial charge in [-0.1, -0.05) is 30.4 Å². The van der Waals surface area contributed by atoms with Gasteiger partial charge in [0.1, 0.15) is 0 Å². The van der Waals surface area contributed by atoms with Gasteiger partial charge in [0.05, 0.1) is 0 Å². The molecule has 80 valence electrons. The highest BCUT2D eigenvalue weighted by Crippen LogP contribution is 2.30. The molecule has 3 heteroatoms. The number of allylic oxidation sites excluding steroid dienone is 3. The van der Waals surface area contributed by atoms with E-state index in [9.17, 15) is 0 Å². The van der Waals surface area contributed by atoms with Crippen LogP contribution in [0.3, 0.4) is 0 Å². The molecule has 0 amide bonds. The molecule has 2 nitrogen and oxygen atoms in total. The van der Waals surface area contributed by atoms with Crippen molar-refractivity contribution in [3.63, 3.8) is 0 Å². The van der Waals surface area contributed by atoms with Crippen molar-refractivity contribution in [2.75, 3.05) is 0 Å². The molecule has 0 spiro atoms. The fourth-order valence-corrected chi connectivity index (χ4v) is 2.63. The molecule has 2 atom stereocenters. The van der Waals surface area contributed by atoms with Crippen LogP contribution < -0.4 is 11.5 Å².